The third kappa shape index (κ3) is 4.16. The topological polar surface area (TPSA) is 90.2 Å². The smallest absolute Gasteiger partial charge is 0.345 e. The lowest BCUT2D eigenvalue weighted by molar-refractivity contribution is 0.236. The monoisotopic (exact) mass is 399 g/mol. The van der Waals surface area contributed by atoms with Crippen molar-refractivity contribution in [3.05, 3.63) is 45.6 Å². The van der Waals surface area contributed by atoms with Gasteiger partial charge < -0.3 is 15.4 Å². The van der Waals surface area contributed by atoms with E-state index in [4.69, 9.17) is 4.74 Å². The van der Waals surface area contributed by atoms with Gasteiger partial charge in [0.05, 0.1) is 12.6 Å². The molecule has 0 saturated carbocycles. The predicted molar refractivity (Wildman–Crippen MR) is 109 cm³/mol. The Labute approximate surface area is 170 Å². The van der Waals surface area contributed by atoms with Crippen molar-refractivity contribution < 1.29 is 9.53 Å². The van der Waals surface area contributed by atoms with E-state index in [1.54, 1.807) is 4.57 Å². The first-order valence-corrected chi connectivity index (χ1v) is 10.6. The molecule has 0 fully saturated rings. The van der Waals surface area contributed by atoms with Crippen LogP contribution in [0.15, 0.2) is 23.0 Å². The summed E-state index contributed by atoms with van der Waals surface area (Å²) in [5.74, 6) is 1.81. The molecule has 1 unspecified atom stereocenters. The van der Waals surface area contributed by atoms with Gasteiger partial charge in [-0.1, -0.05) is 12.1 Å². The number of aryl methyl sites for hydroxylation is 2. The Morgan fingerprint density at radius 3 is 3.03 bits per heavy atom. The van der Waals surface area contributed by atoms with Crippen molar-refractivity contribution in [2.45, 2.75) is 64.6 Å². The molecule has 1 aliphatic carbocycles. The van der Waals surface area contributed by atoms with E-state index < -0.39 is 0 Å². The first kappa shape index (κ1) is 19.5. The van der Waals surface area contributed by atoms with E-state index in [9.17, 15) is 9.59 Å². The summed E-state index contributed by atoms with van der Waals surface area (Å²) in [4.78, 5) is 24.6. The van der Waals surface area contributed by atoms with Crippen LogP contribution in [0.4, 0.5) is 4.79 Å². The Hall–Kier alpha value is -2.77. The number of hydrogen-bond donors (Lipinski definition) is 2. The molecule has 1 aromatic heterocycles. The van der Waals surface area contributed by atoms with Gasteiger partial charge in [0.15, 0.2) is 0 Å². The zero-order chi connectivity index (χ0) is 20.2. The molecule has 2 aliphatic rings. The van der Waals surface area contributed by atoms with Crippen LogP contribution in [0.5, 0.6) is 5.75 Å². The van der Waals surface area contributed by atoms with Crippen LogP contribution in [0.2, 0.25) is 0 Å². The molecule has 4 rings (SSSR count). The van der Waals surface area contributed by atoms with E-state index in [2.05, 4.69) is 21.8 Å². The number of nitrogens with one attached hydrogen (secondary N) is 2. The van der Waals surface area contributed by atoms with Crippen molar-refractivity contribution in [2.24, 2.45) is 0 Å². The summed E-state index contributed by atoms with van der Waals surface area (Å²) in [6.45, 7) is 4.40. The number of urea groups is 1. The van der Waals surface area contributed by atoms with Crippen molar-refractivity contribution in [2.75, 3.05) is 13.2 Å². The Kier molecular flexibility index (Phi) is 5.87. The standard InChI is InChI=1S/C21H29N5O3/c1-2-29-18-8-5-7-15-16(18)10-11-17(15)23-20(27)22-12-6-14-26-21(28)25-13-4-3-9-19(25)24-26/h5,7-8,17H,2-4,6,9-14H2,1H3,(H2,22,23,27). The molecule has 156 valence electrons. The Balaban J connectivity index is 1.25. The van der Waals surface area contributed by atoms with Crippen LogP contribution in [-0.2, 0) is 25.9 Å². The van der Waals surface area contributed by atoms with Crippen molar-refractivity contribution in [3.63, 3.8) is 0 Å². The van der Waals surface area contributed by atoms with E-state index in [-0.39, 0.29) is 17.8 Å². The van der Waals surface area contributed by atoms with Crippen LogP contribution in [0.25, 0.3) is 0 Å². The average Bonchev–Trinajstić information content (AvgIpc) is 3.28. The van der Waals surface area contributed by atoms with Crippen molar-refractivity contribution in [1.29, 1.82) is 0 Å². The highest BCUT2D eigenvalue weighted by Gasteiger charge is 2.26. The first-order chi connectivity index (χ1) is 14.2. The second kappa shape index (κ2) is 8.71. The van der Waals surface area contributed by atoms with Gasteiger partial charge >= 0.3 is 11.7 Å². The fourth-order valence-electron chi connectivity index (χ4n) is 4.30. The highest BCUT2D eigenvalue weighted by molar-refractivity contribution is 5.74. The summed E-state index contributed by atoms with van der Waals surface area (Å²) in [6.07, 6.45) is 5.45. The summed E-state index contributed by atoms with van der Waals surface area (Å²) >= 11 is 0. The largest absolute Gasteiger partial charge is 0.494 e. The number of aromatic nitrogens is 3. The maximum absolute atomic E-state index is 12.3. The van der Waals surface area contributed by atoms with Gasteiger partial charge in [0.1, 0.15) is 11.6 Å². The summed E-state index contributed by atoms with van der Waals surface area (Å²) < 4.78 is 9.01. The van der Waals surface area contributed by atoms with E-state index >= 15 is 0 Å². The second-order valence-electron chi connectivity index (χ2n) is 7.63. The van der Waals surface area contributed by atoms with Crippen molar-refractivity contribution >= 4 is 6.03 Å². The summed E-state index contributed by atoms with van der Waals surface area (Å²) in [5, 5.41) is 10.4. The molecule has 1 aromatic carbocycles. The van der Waals surface area contributed by atoms with Crippen LogP contribution in [-0.4, -0.2) is 33.5 Å². The second-order valence-corrected chi connectivity index (χ2v) is 7.63. The van der Waals surface area contributed by atoms with Gasteiger partial charge in [-0.05, 0) is 56.2 Å². The molecular weight excluding hydrogens is 370 g/mol. The first-order valence-electron chi connectivity index (χ1n) is 10.6. The lowest BCUT2D eigenvalue weighted by Gasteiger charge is -2.15. The normalized spacial score (nSPS) is 17.5. The van der Waals surface area contributed by atoms with Crippen LogP contribution in [0.3, 0.4) is 0 Å². The van der Waals surface area contributed by atoms with Gasteiger partial charge in [0.2, 0.25) is 0 Å². The molecule has 29 heavy (non-hydrogen) atoms. The third-order valence-electron chi connectivity index (χ3n) is 5.70. The third-order valence-corrected chi connectivity index (χ3v) is 5.70. The maximum Gasteiger partial charge on any atom is 0.345 e. The molecule has 0 radical (unpaired) electrons. The Morgan fingerprint density at radius 1 is 1.31 bits per heavy atom. The van der Waals surface area contributed by atoms with E-state index in [0.717, 1.165) is 55.8 Å². The summed E-state index contributed by atoms with van der Waals surface area (Å²) in [5.41, 5.74) is 2.31. The van der Waals surface area contributed by atoms with Gasteiger partial charge in [-0.25, -0.2) is 14.3 Å². The maximum atomic E-state index is 12.3. The van der Waals surface area contributed by atoms with E-state index in [1.807, 2.05) is 19.1 Å². The number of amides is 2. The van der Waals surface area contributed by atoms with Gasteiger partial charge in [0, 0.05) is 26.1 Å². The predicted octanol–water partition coefficient (Wildman–Crippen LogP) is 2.16. The number of fused-ring (bicyclic) bond motifs is 2. The minimum atomic E-state index is -0.179. The van der Waals surface area contributed by atoms with Gasteiger partial charge in [-0.15, -0.1) is 0 Å². The zero-order valence-electron chi connectivity index (χ0n) is 16.9. The quantitative estimate of drug-likeness (QED) is 0.698. The molecule has 0 spiro atoms. The van der Waals surface area contributed by atoms with Crippen molar-refractivity contribution in [3.8, 4) is 5.75 Å². The molecule has 2 amide bonds. The molecule has 0 saturated heterocycles. The highest BCUT2D eigenvalue weighted by atomic mass is 16.5. The summed E-state index contributed by atoms with van der Waals surface area (Å²) in [7, 11) is 0. The summed E-state index contributed by atoms with van der Waals surface area (Å²) in [6, 6.07) is 5.85. The minimum absolute atomic E-state index is 0.00731. The van der Waals surface area contributed by atoms with Crippen LogP contribution in [0, 0.1) is 0 Å². The van der Waals surface area contributed by atoms with Crippen LogP contribution < -0.4 is 21.1 Å². The molecule has 0 bridgehead atoms. The Morgan fingerprint density at radius 2 is 2.21 bits per heavy atom. The molecule has 1 atom stereocenters. The average molecular weight is 399 g/mol. The lowest BCUT2D eigenvalue weighted by Crippen LogP contribution is -2.38. The van der Waals surface area contributed by atoms with Gasteiger partial charge in [-0.2, -0.15) is 5.10 Å². The molecule has 2 heterocycles. The minimum Gasteiger partial charge on any atom is -0.494 e. The van der Waals surface area contributed by atoms with Gasteiger partial charge in [-0.3, -0.25) is 4.57 Å². The fourth-order valence-corrected chi connectivity index (χ4v) is 4.30. The van der Waals surface area contributed by atoms with Gasteiger partial charge in [0.25, 0.3) is 0 Å². The number of hydrogen-bond acceptors (Lipinski definition) is 4. The molecule has 2 aromatic rings. The van der Waals surface area contributed by atoms with Crippen LogP contribution >= 0.6 is 0 Å². The molecular formula is C21H29N5O3. The molecule has 8 heteroatoms. The Bertz CT molecular complexity index is 933. The SMILES string of the molecule is CCOc1cccc2c1CCC2NC(=O)NCCCn1nc2n(c1=O)CCCC2. The number of benzene rings is 1. The molecule has 8 nitrogen and oxygen atoms in total. The van der Waals surface area contributed by atoms with E-state index in [1.165, 1.54) is 10.2 Å². The highest BCUT2D eigenvalue weighted by Crippen LogP contribution is 2.36. The van der Waals surface area contributed by atoms with E-state index in [0.29, 0.717) is 26.1 Å². The van der Waals surface area contributed by atoms with Crippen molar-refractivity contribution in [1.82, 2.24) is 25.0 Å². The zero-order valence-corrected chi connectivity index (χ0v) is 16.9. The van der Waals surface area contributed by atoms with Crippen LogP contribution in [0.1, 0.15) is 55.6 Å². The molecule has 2 N–H and O–H groups in total. The number of ether oxygens (including phenoxy) is 1. The number of carbonyl (C=O) groups excluding carboxylic acids is 1. The number of rotatable bonds is 7. The lowest BCUT2D eigenvalue weighted by atomic mass is 10.1. The number of carbonyl (C=O) groups is 1. The molecule has 1 aliphatic heterocycles. The fraction of sp³-hybridized carbons (Fsp3) is 0.571. The number of nitrogens with zero attached hydrogens (tertiary/aromatic N) is 3.